The third-order valence-electron chi connectivity index (χ3n) is 4.48. The molecule has 28 heavy (non-hydrogen) atoms. The van der Waals surface area contributed by atoms with E-state index in [1.165, 1.54) is 5.01 Å². The summed E-state index contributed by atoms with van der Waals surface area (Å²) in [6.45, 7) is 1.71. The number of benzene rings is 3. The van der Waals surface area contributed by atoms with Crippen LogP contribution >= 0.6 is 12.2 Å². The van der Waals surface area contributed by atoms with E-state index >= 15 is 0 Å². The molecule has 140 valence electrons. The van der Waals surface area contributed by atoms with Gasteiger partial charge < -0.3 is 9.47 Å². The number of anilines is 1. The third kappa shape index (κ3) is 3.42. The van der Waals surface area contributed by atoms with Crippen LogP contribution in [0.3, 0.4) is 0 Å². The molecule has 4 rings (SSSR count). The molecule has 1 fully saturated rings. The van der Waals surface area contributed by atoms with E-state index in [-0.39, 0.29) is 11.1 Å². The first-order chi connectivity index (χ1) is 13.6. The van der Waals surface area contributed by atoms with E-state index in [9.17, 15) is 4.79 Å². The molecule has 1 aliphatic heterocycles. The van der Waals surface area contributed by atoms with Gasteiger partial charge in [0, 0.05) is 5.56 Å². The number of carbonyl (C=O) groups is 1. The van der Waals surface area contributed by atoms with Crippen LogP contribution in [0.15, 0.2) is 84.9 Å². The average Bonchev–Trinajstić information content (AvgIpc) is 2.94. The van der Waals surface area contributed by atoms with Gasteiger partial charge in [-0.05, 0) is 55.5 Å². The molecule has 0 spiro atoms. The minimum atomic E-state index is -1.20. The van der Waals surface area contributed by atoms with Crippen molar-refractivity contribution >= 4 is 29.0 Å². The summed E-state index contributed by atoms with van der Waals surface area (Å²) in [6.07, 6.45) is 0. The fourth-order valence-electron chi connectivity index (χ4n) is 2.95. The average molecular weight is 390 g/mol. The fourth-order valence-corrected chi connectivity index (χ4v) is 3.24. The van der Waals surface area contributed by atoms with Crippen LogP contribution in [0.2, 0.25) is 0 Å². The lowest BCUT2D eigenvalue weighted by Gasteiger charge is -2.21. The lowest BCUT2D eigenvalue weighted by molar-refractivity contribution is -0.135. The molecule has 5 nitrogen and oxygen atoms in total. The van der Waals surface area contributed by atoms with Gasteiger partial charge in [0.2, 0.25) is 5.60 Å². The van der Waals surface area contributed by atoms with Crippen molar-refractivity contribution < 1.29 is 14.3 Å². The van der Waals surface area contributed by atoms with Gasteiger partial charge in [-0.15, -0.1) is 0 Å². The Morgan fingerprint density at radius 1 is 0.893 bits per heavy atom. The van der Waals surface area contributed by atoms with Crippen molar-refractivity contribution in [3.8, 4) is 11.5 Å². The summed E-state index contributed by atoms with van der Waals surface area (Å²) in [6, 6.07) is 26.1. The van der Waals surface area contributed by atoms with Crippen molar-refractivity contribution in [3.63, 3.8) is 0 Å². The first kappa shape index (κ1) is 18.0. The normalized spacial score (nSPS) is 18.7. The van der Waals surface area contributed by atoms with Crippen LogP contribution in [-0.2, 0) is 15.1 Å². The second-order valence-electron chi connectivity index (χ2n) is 6.46. The number of amides is 1. The molecule has 1 atom stereocenters. The number of para-hydroxylation sites is 2. The molecular weight excluding hydrogens is 372 g/mol. The standard InChI is InChI=1S/C22H18N2O3S/c1-22(16-12-14-19(15-13-16)26-18-10-6-3-7-11-18)20(25)24(21(28)27-22)23-17-8-4-2-5-9-17/h2-15,23H,1H3. The van der Waals surface area contributed by atoms with Gasteiger partial charge in [0.15, 0.2) is 0 Å². The molecule has 3 aromatic carbocycles. The van der Waals surface area contributed by atoms with E-state index in [0.29, 0.717) is 11.3 Å². The van der Waals surface area contributed by atoms with Crippen molar-refractivity contribution in [3.05, 3.63) is 90.5 Å². The van der Waals surface area contributed by atoms with Crippen molar-refractivity contribution in [1.29, 1.82) is 0 Å². The summed E-state index contributed by atoms with van der Waals surface area (Å²) in [5.74, 6) is 1.14. The largest absolute Gasteiger partial charge is 0.457 e. The van der Waals surface area contributed by atoms with Crippen molar-refractivity contribution in [2.24, 2.45) is 0 Å². The smallest absolute Gasteiger partial charge is 0.297 e. The zero-order valence-electron chi connectivity index (χ0n) is 15.2. The highest BCUT2D eigenvalue weighted by Gasteiger charge is 2.50. The number of hydrazine groups is 1. The molecule has 1 saturated heterocycles. The second kappa shape index (κ2) is 7.32. The van der Waals surface area contributed by atoms with Gasteiger partial charge >= 0.3 is 0 Å². The highest BCUT2D eigenvalue weighted by molar-refractivity contribution is 7.80. The molecule has 3 aromatic rings. The van der Waals surface area contributed by atoms with E-state index in [2.05, 4.69) is 5.43 Å². The number of hydrogen-bond donors (Lipinski definition) is 1. The summed E-state index contributed by atoms with van der Waals surface area (Å²) in [4.78, 5) is 13.0. The maximum atomic E-state index is 13.0. The predicted octanol–water partition coefficient (Wildman–Crippen LogP) is 4.86. The number of thiocarbonyl (C=S) groups is 1. The Labute approximate surface area is 168 Å². The monoisotopic (exact) mass is 390 g/mol. The first-order valence-electron chi connectivity index (χ1n) is 8.79. The highest BCUT2D eigenvalue weighted by atomic mass is 32.1. The maximum Gasteiger partial charge on any atom is 0.297 e. The zero-order chi connectivity index (χ0) is 19.6. The summed E-state index contributed by atoms with van der Waals surface area (Å²) in [7, 11) is 0. The van der Waals surface area contributed by atoms with E-state index in [0.717, 1.165) is 11.4 Å². The summed E-state index contributed by atoms with van der Waals surface area (Å²) in [5.41, 5.74) is 3.24. The molecule has 0 aromatic heterocycles. The number of ether oxygens (including phenoxy) is 2. The topological polar surface area (TPSA) is 50.8 Å². The lowest BCUT2D eigenvalue weighted by Crippen LogP contribution is -2.39. The Kier molecular flexibility index (Phi) is 4.71. The maximum absolute atomic E-state index is 13.0. The SMILES string of the molecule is CC1(c2ccc(Oc3ccccc3)cc2)OC(=S)N(Nc2ccccc2)C1=O. The lowest BCUT2D eigenvalue weighted by atomic mass is 9.95. The quantitative estimate of drug-likeness (QED) is 0.630. The summed E-state index contributed by atoms with van der Waals surface area (Å²) < 4.78 is 11.6. The molecule has 6 heteroatoms. The molecule has 1 amide bonds. The summed E-state index contributed by atoms with van der Waals surface area (Å²) in [5, 5.41) is 1.35. The van der Waals surface area contributed by atoms with Crippen LogP contribution in [0, 0.1) is 0 Å². The summed E-state index contributed by atoms with van der Waals surface area (Å²) >= 11 is 5.27. The van der Waals surface area contributed by atoms with Crippen LogP contribution in [0.1, 0.15) is 12.5 Å². The number of nitrogens with zero attached hydrogens (tertiary/aromatic N) is 1. The van der Waals surface area contributed by atoms with Crippen LogP contribution < -0.4 is 10.2 Å². The van der Waals surface area contributed by atoms with Crippen LogP contribution in [-0.4, -0.2) is 16.1 Å². The Bertz CT molecular complexity index is 993. The van der Waals surface area contributed by atoms with E-state index in [4.69, 9.17) is 21.7 Å². The second-order valence-corrected chi connectivity index (χ2v) is 6.81. The Hall–Kier alpha value is -3.38. The Balaban J connectivity index is 1.53. The molecule has 1 heterocycles. The molecule has 1 aliphatic rings. The molecule has 0 bridgehead atoms. The van der Waals surface area contributed by atoms with Gasteiger partial charge in [0.1, 0.15) is 11.5 Å². The molecule has 0 aliphatic carbocycles. The molecule has 0 radical (unpaired) electrons. The van der Waals surface area contributed by atoms with Crippen molar-refractivity contribution in [2.75, 3.05) is 5.43 Å². The van der Waals surface area contributed by atoms with E-state index in [1.54, 1.807) is 19.1 Å². The van der Waals surface area contributed by atoms with E-state index < -0.39 is 5.60 Å². The fraction of sp³-hybridized carbons (Fsp3) is 0.0909. The van der Waals surface area contributed by atoms with Crippen molar-refractivity contribution in [2.45, 2.75) is 12.5 Å². The van der Waals surface area contributed by atoms with Crippen LogP contribution in [0.5, 0.6) is 11.5 Å². The van der Waals surface area contributed by atoms with Crippen LogP contribution in [0.25, 0.3) is 0 Å². The van der Waals surface area contributed by atoms with Gasteiger partial charge in [0.05, 0.1) is 5.69 Å². The predicted molar refractivity (Wildman–Crippen MR) is 111 cm³/mol. The number of carbonyl (C=O) groups excluding carboxylic acids is 1. The molecule has 1 N–H and O–H groups in total. The molecular formula is C22H18N2O3S. The first-order valence-corrected chi connectivity index (χ1v) is 9.20. The Morgan fingerprint density at radius 2 is 1.46 bits per heavy atom. The highest BCUT2D eigenvalue weighted by Crippen LogP contribution is 2.35. The number of rotatable bonds is 5. The third-order valence-corrected chi connectivity index (χ3v) is 4.75. The minimum Gasteiger partial charge on any atom is -0.457 e. The van der Waals surface area contributed by atoms with Crippen LogP contribution in [0.4, 0.5) is 5.69 Å². The van der Waals surface area contributed by atoms with Gasteiger partial charge in [-0.25, -0.2) is 0 Å². The van der Waals surface area contributed by atoms with Gasteiger partial charge in [-0.3, -0.25) is 10.2 Å². The van der Waals surface area contributed by atoms with Crippen molar-refractivity contribution in [1.82, 2.24) is 5.01 Å². The van der Waals surface area contributed by atoms with E-state index in [1.807, 2.05) is 72.8 Å². The molecule has 0 saturated carbocycles. The molecule has 1 unspecified atom stereocenters. The number of nitrogens with one attached hydrogen (secondary N) is 1. The zero-order valence-corrected chi connectivity index (χ0v) is 16.0. The minimum absolute atomic E-state index is 0.0842. The van der Waals surface area contributed by atoms with Gasteiger partial charge in [-0.2, -0.15) is 5.01 Å². The number of hydrogen-bond acceptors (Lipinski definition) is 5. The van der Waals surface area contributed by atoms with Gasteiger partial charge in [0.25, 0.3) is 11.1 Å². The Morgan fingerprint density at radius 3 is 2.11 bits per heavy atom. The van der Waals surface area contributed by atoms with Gasteiger partial charge in [-0.1, -0.05) is 48.5 Å².